The van der Waals surface area contributed by atoms with Crippen LogP contribution in [0.3, 0.4) is 0 Å². The van der Waals surface area contributed by atoms with Crippen LogP contribution in [-0.2, 0) is 17.6 Å². The average Bonchev–Trinajstić information content (AvgIpc) is 3.20. The fraction of sp³-hybridized carbons (Fsp3) is 0.238. The van der Waals surface area contributed by atoms with E-state index in [4.69, 9.17) is 23.6 Å². The molecule has 0 aliphatic carbocycles. The Kier molecular flexibility index (Phi) is 3.27. The van der Waals surface area contributed by atoms with Crippen molar-refractivity contribution in [3.05, 3.63) is 76.7 Å². The first-order chi connectivity index (χ1) is 18.6. The number of aryl methyl sites for hydroxylation is 1. The van der Waals surface area contributed by atoms with E-state index in [1.165, 1.54) is 24.3 Å². The first-order valence-electron chi connectivity index (χ1n) is 14.4. The molecule has 28 heavy (non-hydrogen) atoms. The first-order valence-corrected chi connectivity index (χ1v) is 8.67. The highest BCUT2D eigenvalue weighted by molar-refractivity contribution is 7.13. The van der Waals surface area contributed by atoms with Crippen LogP contribution < -0.4 is 16.4 Å². The molecule has 0 saturated carbocycles. The van der Waals surface area contributed by atoms with Crippen molar-refractivity contribution in [2.24, 2.45) is 0 Å². The number of hydrogen-bond acceptors (Lipinski definition) is 6. The second kappa shape index (κ2) is 9.98. The lowest BCUT2D eigenvalue weighted by atomic mass is 10.1. The van der Waals surface area contributed by atoms with Crippen LogP contribution >= 0.6 is 11.3 Å². The Morgan fingerprint density at radius 3 is 2.75 bits per heavy atom. The van der Waals surface area contributed by atoms with Crippen molar-refractivity contribution >= 4 is 28.1 Å². The highest BCUT2D eigenvalue weighted by Crippen LogP contribution is 2.14. The molecule has 0 aliphatic heterocycles. The number of nitrogens with one attached hydrogen (secondary N) is 2. The van der Waals surface area contributed by atoms with Gasteiger partial charge in [0.1, 0.15) is 0 Å². The number of nitrogens with two attached hydrogens (primary N) is 1. The maximum absolute atomic E-state index is 12.5. The SMILES string of the molecule is [2H]c1sc(N)nc1C([2H])([2H])C(=O)Nc1ccc(CC([2H])([2H])NC([2H])([2H])[C@]([2H])(O)c2c([2H])c([2H])c([2H])c([2H])c2[2H])cc1. The van der Waals surface area contributed by atoms with E-state index in [1.807, 2.05) is 5.32 Å². The van der Waals surface area contributed by atoms with E-state index in [0.29, 0.717) is 11.3 Å². The number of nitrogen functional groups attached to an aromatic ring is 1. The van der Waals surface area contributed by atoms with Crippen molar-refractivity contribution in [1.29, 1.82) is 0 Å². The van der Waals surface area contributed by atoms with Gasteiger partial charge >= 0.3 is 0 Å². The van der Waals surface area contributed by atoms with Gasteiger partial charge in [0.2, 0.25) is 5.91 Å². The Bertz CT molecular complexity index is 1450. The quantitative estimate of drug-likeness (QED) is 0.435. The number of aromatic nitrogens is 1. The second-order valence-electron chi connectivity index (χ2n) is 5.23. The summed E-state index contributed by atoms with van der Waals surface area (Å²) in [5.74, 6) is -1.13. The maximum atomic E-state index is 12.5. The van der Waals surface area contributed by atoms with Gasteiger partial charge in [-0.05, 0) is 36.2 Å². The minimum absolute atomic E-state index is 0.0737. The fourth-order valence-electron chi connectivity index (χ4n) is 1.97. The molecule has 0 spiro atoms. The Labute approximate surface area is 186 Å². The molecule has 1 aromatic heterocycles. The minimum Gasteiger partial charge on any atom is -0.387 e. The highest BCUT2D eigenvalue weighted by atomic mass is 32.1. The van der Waals surface area contributed by atoms with E-state index in [0.717, 1.165) is 0 Å². The molecule has 3 rings (SSSR count). The van der Waals surface area contributed by atoms with E-state index in [-0.39, 0.29) is 21.7 Å². The van der Waals surface area contributed by atoms with Crippen molar-refractivity contribution in [3.63, 3.8) is 0 Å². The summed E-state index contributed by atoms with van der Waals surface area (Å²) in [6.45, 7) is -6.01. The van der Waals surface area contributed by atoms with E-state index in [9.17, 15) is 9.90 Å². The molecule has 1 heterocycles. The molecular formula is C21H24N4O2S. The second-order valence-corrected chi connectivity index (χ2v) is 6.06. The number of thiazole rings is 1. The molecule has 5 N–H and O–H groups in total. The molecule has 0 unspecified atom stereocenters. The topological polar surface area (TPSA) is 100 Å². The predicted molar refractivity (Wildman–Crippen MR) is 113 cm³/mol. The number of anilines is 2. The number of rotatable bonds is 9. The number of benzene rings is 2. The summed E-state index contributed by atoms with van der Waals surface area (Å²) in [4.78, 5) is 16.2. The summed E-state index contributed by atoms with van der Waals surface area (Å²) in [6.07, 6.45) is -6.73. The van der Waals surface area contributed by atoms with Gasteiger partial charge in [0.15, 0.2) is 5.13 Å². The molecule has 3 aromatic rings. The molecule has 146 valence electrons. The molecule has 1 atom stereocenters. The lowest BCUT2D eigenvalue weighted by molar-refractivity contribution is -0.115. The number of hydrogen-bond donors (Lipinski definition) is 4. The molecule has 0 radical (unpaired) electrons. The summed E-state index contributed by atoms with van der Waals surface area (Å²) >= 11 is 0.709. The standard InChI is InChI=1S/C21H24N4O2S/c22-21-25-18(14-28-21)12-20(27)24-17-8-6-15(7-9-17)10-11-23-13-19(26)16-4-2-1-3-5-16/h1-9,14,19,23,26H,10-13H2,(H2,22,25)(H,24,27)/t19-/m0/s1/i1D,2D,3D,4D,5D,11D2,12D2,13D2,14D,19D. The smallest absolute Gasteiger partial charge is 0.230 e. The van der Waals surface area contributed by atoms with Crippen molar-refractivity contribution in [3.8, 4) is 0 Å². The Morgan fingerprint density at radius 2 is 2.07 bits per heavy atom. The monoisotopic (exact) mass is 409 g/mol. The molecule has 0 aliphatic rings. The van der Waals surface area contributed by atoms with Crippen molar-refractivity contribution in [2.45, 2.75) is 18.9 Å². The Balaban J connectivity index is 1.77. The van der Waals surface area contributed by atoms with Crippen molar-refractivity contribution in [1.82, 2.24) is 10.3 Å². The molecule has 0 fully saturated rings. The van der Waals surface area contributed by atoms with Gasteiger partial charge in [-0.2, -0.15) is 0 Å². The van der Waals surface area contributed by atoms with E-state index < -0.39 is 79.2 Å². The fourth-order valence-corrected chi connectivity index (χ4v) is 2.40. The van der Waals surface area contributed by atoms with Gasteiger partial charge in [0, 0.05) is 25.8 Å². The van der Waals surface area contributed by atoms with Gasteiger partial charge in [-0.25, -0.2) is 4.98 Å². The third kappa shape index (κ3) is 6.16. The largest absolute Gasteiger partial charge is 0.387 e. The molecule has 1 amide bonds. The number of nitrogens with zero attached hydrogens (tertiary/aromatic N) is 1. The van der Waals surface area contributed by atoms with Crippen LogP contribution in [0, 0.1) is 0 Å². The summed E-state index contributed by atoms with van der Waals surface area (Å²) in [5.41, 5.74) is 4.33. The molecule has 2 aromatic carbocycles. The zero-order valence-corrected chi connectivity index (χ0v) is 15.1. The molecular weight excluding hydrogens is 372 g/mol. The molecule has 0 saturated heterocycles. The number of aliphatic hydroxyl groups is 1. The van der Waals surface area contributed by atoms with Crippen LogP contribution in [0.4, 0.5) is 10.8 Å². The average molecular weight is 410 g/mol. The number of carbonyl (C=O) groups excluding carboxylic acids is 1. The Hall–Kier alpha value is -2.74. The molecule has 0 bridgehead atoms. The summed E-state index contributed by atoms with van der Waals surface area (Å²) in [7, 11) is 0. The van der Waals surface area contributed by atoms with Gasteiger partial charge in [-0.3, -0.25) is 4.79 Å². The van der Waals surface area contributed by atoms with Crippen LogP contribution in [0.25, 0.3) is 0 Å². The van der Waals surface area contributed by atoms with E-state index in [1.54, 1.807) is 0 Å². The van der Waals surface area contributed by atoms with Crippen LogP contribution in [0.2, 0.25) is 0 Å². The molecule has 6 nitrogen and oxygen atoms in total. The maximum Gasteiger partial charge on any atom is 0.230 e. The van der Waals surface area contributed by atoms with E-state index >= 15 is 0 Å². The minimum atomic E-state index is -3.51. The number of amides is 1. The van der Waals surface area contributed by atoms with E-state index in [2.05, 4.69) is 10.3 Å². The molecule has 7 heteroatoms. The first kappa shape index (κ1) is 9.17. The van der Waals surface area contributed by atoms with Gasteiger partial charge in [0.05, 0.1) is 27.7 Å². The highest BCUT2D eigenvalue weighted by Gasteiger charge is 2.08. The van der Waals surface area contributed by atoms with Crippen LogP contribution in [0.1, 0.15) is 40.7 Å². The van der Waals surface area contributed by atoms with Crippen molar-refractivity contribution < 1.29 is 27.7 Å². The lowest BCUT2D eigenvalue weighted by Gasteiger charge is -2.12. The normalized spacial score (nSPS) is 21.2. The summed E-state index contributed by atoms with van der Waals surface area (Å²) in [6, 6.07) is 0.685. The van der Waals surface area contributed by atoms with Crippen LogP contribution in [0.5, 0.6) is 0 Å². The van der Waals surface area contributed by atoms with Crippen LogP contribution in [-0.4, -0.2) is 29.0 Å². The van der Waals surface area contributed by atoms with Crippen LogP contribution in [0.15, 0.2) is 59.8 Å². The predicted octanol–water partition coefficient (Wildman–Crippen LogP) is 2.77. The van der Waals surface area contributed by atoms with Crippen molar-refractivity contribution in [2.75, 3.05) is 24.0 Å². The number of carbonyl (C=O) groups is 1. The zero-order valence-electron chi connectivity index (χ0n) is 27.3. The Morgan fingerprint density at radius 1 is 1.32 bits per heavy atom. The summed E-state index contributed by atoms with van der Waals surface area (Å²) in [5, 5.41) is 14.5. The third-order valence-corrected chi connectivity index (χ3v) is 3.81. The van der Waals surface area contributed by atoms with Gasteiger partial charge in [0.25, 0.3) is 0 Å². The summed E-state index contributed by atoms with van der Waals surface area (Å²) < 4.78 is 104. The van der Waals surface area contributed by atoms with Gasteiger partial charge in [-0.15, -0.1) is 11.3 Å². The zero-order chi connectivity index (χ0) is 31.3. The lowest BCUT2D eigenvalue weighted by Crippen LogP contribution is -2.23. The van der Waals surface area contributed by atoms with Gasteiger partial charge in [-0.1, -0.05) is 42.3 Å². The van der Waals surface area contributed by atoms with Gasteiger partial charge < -0.3 is 21.5 Å². The third-order valence-electron chi connectivity index (χ3n) is 3.22.